The van der Waals surface area contributed by atoms with E-state index in [-0.39, 0.29) is 0 Å². The second-order valence-corrected chi connectivity index (χ2v) is 3.19. The largest absolute Gasteiger partial charge is 0.324 e. The van der Waals surface area contributed by atoms with E-state index in [0.717, 1.165) is 5.01 Å². The summed E-state index contributed by atoms with van der Waals surface area (Å²) in [4.78, 5) is 0. The summed E-state index contributed by atoms with van der Waals surface area (Å²) in [6, 6.07) is 0. The molecule has 0 radical (unpaired) electrons. The van der Waals surface area contributed by atoms with E-state index in [1.54, 1.807) is 0 Å². The minimum Gasteiger partial charge on any atom is -0.324 e. The summed E-state index contributed by atoms with van der Waals surface area (Å²) in [6.07, 6.45) is 0. The molecule has 0 fully saturated rings. The van der Waals surface area contributed by atoms with Crippen LogP contribution in [0.4, 0.5) is 0 Å². The summed E-state index contributed by atoms with van der Waals surface area (Å²) in [5.41, 5.74) is 0. The van der Waals surface area contributed by atoms with Crippen LogP contribution in [0.15, 0.2) is 4.34 Å². The summed E-state index contributed by atoms with van der Waals surface area (Å²) in [5.74, 6) is 0. The fourth-order valence-corrected chi connectivity index (χ4v) is 1.32. The Labute approximate surface area is 55.0 Å². The van der Waals surface area contributed by atoms with Gasteiger partial charge in [-0.05, 0) is 6.92 Å². The van der Waals surface area contributed by atoms with Gasteiger partial charge in [0.05, 0.1) is 12.0 Å². The Bertz CT molecular complexity index is 176. The SMILES string of the molecule is Cc1nnc(SO)s1. The highest BCUT2D eigenvalue weighted by atomic mass is 32.2. The van der Waals surface area contributed by atoms with Crippen molar-refractivity contribution in [3.8, 4) is 0 Å². The zero-order valence-electron chi connectivity index (χ0n) is 4.16. The van der Waals surface area contributed by atoms with Crippen molar-refractivity contribution in [2.75, 3.05) is 0 Å². The molecule has 0 saturated carbocycles. The van der Waals surface area contributed by atoms with Crippen LogP contribution in [-0.4, -0.2) is 14.8 Å². The van der Waals surface area contributed by atoms with Gasteiger partial charge in [-0.3, -0.25) is 0 Å². The minimum atomic E-state index is 0.600. The predicted molar refractivity (Wildman–Crippen MR) is 33.1 cm³/mol. The number of aromatic nitrogens is 2. The lowest BCUT2D eigenvalue weighted by atomic mass is 10.9. The third-order valence-electron chi connectivity index (χ3n) is 0.586. The summed E-state index contributed by atoms with van der Waals surface area (Å²) >= 11 is 2.01. The smallest absolute Gasteiger partial charge is 0.201 e. The standard InChI is InChI=1S/C3H4N2OS2/c1-2-4-5-3(7-2)8-6/h6H,1H3. The molecule has 0 spiro atoms. The van der Waals surface area contributed by atoms with Gasteiger partial charge in [-0.25, -0.2) is 0 Å². The van der Waals surface area contributed by atoms with Gasteiger partial charge in [0.15, 0.2) is 0 Å². The molecule has 1 rings (SSSR count). The van der Waals surface area contributed by atoms with Gasteiger partial charge < -0.3 is 4.55 Å². The van der Waals surface area contributed by atoms with Crippen molar-refractivity contribution >= 4 is 23.4 Å². The van der Waals surface area contributed by atoms with Gasteiger partial charge in [-0.1, -0.05) is 11.3 Å². The fraction of sp³-hybridized carbons (Fsp3) is 0.333. The predicted octanol–water partition coefficient (Wildman–Crippen LogP) is 1.41. The molecule has 0 atom stereocenters. The van der Waals surface area contributed by atoms with E-state index in [9.17, 15) is 0 Å². The Morgan fingerprint density at radius 1 is 1.62 bits per heavy atom. The maximum atomic E-state index is 8.38. The fourth-order valence-electron chi connectivity index (χ4n) is 0.315. The topological polar surface area (TPSA) is 46.0 Å². The number of rotatable bonds is 1. The molecular weight excluding hydrogens is 144 g/mol. The van der Waals surface area contributed by atoms with Crippen LogP contribution >= 0.6 is 23.4 Å². The Hall–Kier alpha value is -0.130. The summed E-state index contributed by atoms with van der Waals surface area (Å²) in [6.45, 7) is 1.84. The van der Waals surface area contributed by atoms with Crippen LogP contribution in [0.25, 0.3) is 0 Å². The highest BCUT2D eigenvalue weighted by Gasteiger charge is 1.96. The van der Waals surface area contributed by atoms with Crippen LogP contribution in [0.3, 0.4) is 0 Å². The Morgan fingerprint density at radius 3 is 2.62 bits per heavy atom. The first-order valence-corrected chi connectivity index (χ1v) is 3.53. The number of hydrogen-bond acceptors (Lipinski definition) is 5. The van der Waals surface area contributed by atoms with Crippen LogP contribution in [0.1, 0.15) is 5.01 Å². The number of nitrogens with zero attached hydrogens (tertiary/aromatic N) is 2. The van der Waals surface area contributed by atoms with Crippen molar-refractivity contribution in [3.63, 3.8) is 0 Å². The molecule has 0 aromatic carbocycles. The third kappa shape index (κ3) is 1.18. The summed E-state index contributed by atoms with van der Waals surface area (Å²) < 4.78 is 8.98. The van der Waals surface area contributed by atoms with Gasteiger partial charge in [-0.2, -0.15) is 0 Å². The molecule has 0 amide bonds. The van der Waals surface area contributed by atoms with Gasteiger partial charge >= 0.3 is 0 Å². The van der Waals surface area contributed by atoms with Crippen molar-refractivity contribution in [1.29, 1.82) is 0 Å². The van der Waals surface area contributed by atoms with E-state index in [0.29, 0.717) is 16.4 Å². The molecule has 1 aromatic rings. The Balaban J connectivity index is 2.84. The van der Waals surface area contributed by atoms with Crippen LogP contribution in [0.2, 0.25) is 0 Å². The molecule has 0 aliphatic rings. The first kappa shape index (κ1) is 6.00. The van der Waals surface area contributed by atoms with E-state index in [1.807, 2.05) is 6.92 Å². The Morgan fingerprint density at radius 2 is 2.38 bits per heavy atom. The highest BCUT2D eigenvalue weighted by Crippen LogP contribution is 2.17. The molecule has 0 aliphatic carbocycles. The van der Waals surface area contributed by atoms with E-state index in [4.69, 9.17) is 4.55 Å². The zero-order valence-corrected chi connectivity index (χ0v) is 5.79. The van der Waals surface area contributed by atoms with Crippen molar-refractivity contribution in [2.24, 2.45) is 0 Å². The molecule has 3 nitrogen and oxygen atoms in total. The lowest BCUT2D eigenvalue weighted by Crippen LogP contribution is -1.68. The second kappa shape index (κ2) is 2.43. The van der Waals surface area contributed by atoms with E-state index < -0.39 is 0 Å². The van der Waals surface area contributed by atoms with Gasteiger partial charge in [0.25, 0.3) is 0 Å². The molecule has 8 heavy (non-hydrogen) atoms. The van der Waals surface area contributed by atoms with Crippen molar-refractivity contribution in [3.05, 3.63) is 5.01 Å². The molecule has 0 bridgehead atoms. The van der Waals surface area contributed by atoms with Gasteiger partial charge in [0, 0.05) is 0 Å². The van der Waals surface area contributed by atoms with E-state index in [2.05, 4.69) is 10.2 Å². The normalized spacial score (nSPS) is 9.75. The van der Waals surface area contributed by atoms with Gasteiger partial charge in [0.2, 0.25) is 4.34 Å². The average Bonchev–Trinajstić information content (AvgIpc) is 2.14. The van der Waals surface area contributed by atoms with Crippen LogP contribution in [0.5, 0.6) is 0 Å². The maximum absolute atomic E-state index is 8.38. The van der Waals surface area contributed by atoms with Gasteiger partial charge in [-0.15, -0.1) is 10.2 Å². The van der Waals surface area contributed by atoms with Crippen molar-refractivity contribution in [1.82, 2.24) is 10.2 Å². The molecule has 1 heterocycles. The molecule has 5 heteroatoms. The third-order valence-corrected chi connectivity index (χ3v) is 1.93. The highest BCUT2D eigenvalue weighted by molar-refractivity contribution is 7.95. The van der Waals surface area contributed by atoms with Gasteiger partial charge in [0.1, 0.15) is 5.01 Å². The van der Waals surface area contributed by atoms with Crippen LogP contribution in [-0.2, 0) is 0 Å². The van der Waals surface area contributed by atoms with E-state index in [1.165, 1.54) is 11.3 Å². The monoisotopic (exact) mass is 148 g/mol. The quantitative estimate of drug-likeness (QED) is 0.612. The molecule has 1 N–H and O–H groups in total. The Kier molecular flexibility index (Phi) is 1.82. The summed E-state index contributed by atoms with van der Waals surface area (Å²) in [7, 11) is 0. The number of aryl methyl sites for hydroxylation is 1. The molecule has 0 aliphatic heterocycles. The molecule has 0 unspecified atom stereocenters. The molecule has 0 saturated heterocycles. The van der Waals surface area contributed by atoms with Crippen LogP contribution < -0.4 is 0 Å². The van der Waals surface area contributed by atoms with Crippen LogP contribution in [0, 0.1) is 6.92 Å². The molecule has 1 aromatic heterocycles. The lowest BCUT2D eigenvalue weighted by Gasteiger charge is -1.73. The maximum Gasteiger partial charge on any atom is 0.201 e. The van der Waals surface area contributed by atoms with Crippen molar-refractivity contribution in [2.45, 2.75) is 11.3 Å². The summed E-state index contributed by atoms with van der Waals surface area (Å²) in [5, 5.41) is 8.17. The minimum absolute atomic E-state index is 0.600. The average molecular weight is 148 g/mol. The molecular formula is C3H4N2OS2. The lowest BCUT2D eigenvalue weighted by molar-refractivity contribution is 0.661. The van der Waals surface area contributed by atoms with E-state index >= 15 is 0 Å². The second-order valence-electron chi connectivity index (χ2n) is 1.18. The number of hydrogen-bond donors (Lipinski definition) is 1. The zero-order chi connectivity index (χ0) is 5.98. The molecule has 44 valence electrons. The first-order valence-electron chi connectivity index (χ1n) is 1.94. The first-order chi connectivity index (χ1) is 3.83. The van der Waals surface area contributed by atoms with Crippen molar-refractivity contribution < 1.29 is 4.55 Å².